The molecule has 0 saturated heterocycles. The Bertz CT molecular complexity index is 1450. The zero-order valence-electron chi connectivity index (χ0n) is 20.7. The summed E-state index contributed by atoms with van der Waals surface area (Å²) in [6, 6.07) is 8.51. The molecule has 0 amide bonds. The van der Waals surface area contributed by atoms with E-state index >= 15 is 0 Å². The molecule has 37 heavy (non-hydrogen) atoms. The van der Waals surface area contributed by atoms with Crippen molar-refractivity contribution < 1.29 is 17.9 Å². The minimum absolute atomic E-state index is 0.00977. The Hall–Kier alpha value is -3.44. The highest BCUT2D eigenvalue weighted by Gasteiger charge is 2.35. The molecule has 0 spiro atoms. The van der Waals surface area contributed by atoms with Gasteiger partial charge in [0, 0.05) is 45.6 Å². The van der Waals surface area contributed by atoms with Crippen LogP contribution in [0.5, 0.6) is 0 Å². The Kier molecular flexibility index (Phi) is 6.91. The van der Waals surface area contributed by atoms with Crippen molar-refractivity contribution in [2.24, 2.45) is 13.0 Å². The first-order valence-electron chi connectivity index (χ1n) is 12.3. The number of hydrogen-bond acceptors (Lipinski definition) is 5. The summed E-state index contributed by atoms with van der Waals surface area (Å²) in [5.74, 6) is 1.22. The molecule has 196 valence electrons. The molecule has 1 aliphatic carbocycles. The van der Waals surface area contributed by atoms with Crippen LogP contribution >= 0.6 is 0 Å². The monoisotopic (exact) mass is 514 g/mol. The Balaban J connectivity index is 1.58. The Morgan fingerprint density at radius 2 is 2.03 bits per heavy atom. The van der Waals surface area contributed by atoms with Gasteiger partial charge in [-0.2, -0.15) is 13.2 Å². The van der Waals surface area contributed by atoms with Crippen LogP contribution in [-0.2, 0) is 24.5 Å². The number of alkyl halides is 3. The van der Waals surface area contributed by atoms with Gasteiger partial charge < -0.3 is 14.6 Å². The fourth-order valence-electron chi connectivity index (χ4n) is 5.01. The highest BCUT2D eigenvalue weighted by Crippen LogP contribution is 2.43. The fourth-order valence-corrected chi connectivity index (χ4v) is 5.01. The number of rotatable bonds is 9. The lowest BCUT2D eigenvalue weighted by Crippen LogP contribution is -2.24. The summed E-state index contributed by atoms with van der Waals surface area (Å²) >= 11 is 0. The summed E-state index contributed by atoms with van der Waals surface area (Å²) in [4.78, 5) is 13.4. The largest absolute Gasteiger partial charge is 0.418 e. The topological polar surface area (TPSA) is 78.4 Å². The van der Waals surface area contributed by atoms with Crippen LogP contribution in [0.4, 0.5) is 13.2 Å². The van der Waals surface area contributed by atoms with Crippen molar-refractivity contribution in [3.05, 3.63) is 82.1 Å². The quantitative estimate of drug-likeness (QED) is 0.343. The van der Waals surface area contributed by atoms with Gasteiger partial charge in [-0.05, 0) is 48.1 Å². The smallest absolute Gasteiger partial charge is 0.383 e. The number of fused-ring (bicyclic) bond motifs is 1. The van der Waals surface area contributed by atoms with Gasteiger partial charge in [-0.3, -0.25) is 8.97 Å². The molecule has 4 aromatic rings. The molecule has 3 aromatic heterocycles. The molecule has 0 unspecified atom stereocenters. The third-order valence-electron chi connectivity index (χ3n) is 7.09. The molecule has 1 fully saturated rings. The lowest BCUT2D eigenvalue weighted by Gasteiger charge is -2.33. The molecule has 1 N–H and O–H groups in total. The molecule has 1 aliphatic rings. The van der Waals surface area contributed by atoms with Crippen LogP contribution in [0.3, 0.4) is 0 Å². The van der Waals surface area contributed by atoms with Crippen LogP contribution < -0.4 is 11.0 Å². The predicted molar refractivity (Wildman–Crippen MR) is 132 cm³/mol. The molecule has 0 aliphatic heterocycles. The van der Waals surface area contributed by atoms with Gasteiger partial charge in [-0.1, -0.05) is 18.6 Å². The van der Waals surface area contributed by atoms with Gasteiger partial charge in [-0.25, -0.2) is 4.79 Å². The summed E-state index contributed by atoms with van der Waals surface area (Å²) in [6.45, 7) is 1.08. The third kappa shape index (κ3) is 4.93. The van der Waals surface area contributed by atoms with Crippen LogP contribution in [0, 0.1) is 5.92 Å². The number of methoxy groups -OCH3 is 1. The molecule has 1 atom stereocenters. The molecule has 8 nitrogen and oxygen atoms in total. The van der Waals surface area contributed by atoms with E-state index in [-0.39, 0.29) is 18.0 Å². The maximum Gasteiger partial charge on any atom is 0.418 e. The van der Waals surface area contributed by atoms with Crippen molar-refractivity contribution in [1.29, 1.82) is 0 Å². The summed E-state index contributed by atoms with van der Waals surface area (Å²) < 4.78 is 51.2. The van der Waals surface area contributed by atoms with Crippen molar-refractivity contribution >= 4 is 5.52 Å². The summed E-state index contributed by atoms with van der Waals surface area (Å²) in [5.41, 5.74) is 0.224. The summed E-state index contributed by atoms with van der Waals surface area (Å²) in [7, 11) is 3.45. The normalized spacial score (nSPS) is 15.3. The molecule has 3 heterocycles. The standard InChI is InChI=1S/C26H29F3N6O2/c1-33-16-31-32-24(33)23(18-5-3-6-18)19-7-4-8-20(12-19)34-15-22-21(26(27,28)29)11-17(13-30-9-10-37-2)14-35(22)25(34)36/h4,7-8,11-12,14-16,18,23,30H,3,5-6,9-10,13H2,1-2H3/t23-/m1/s1. The number of halogens is 3. The lowest BCUT2D eigenvalue weighted by atomic mass is 9.72. The van der Waals surface area contributed by atoms with E-state index in [2.05, 4.69) is 15.5 Å². The number of benzene rings is 1. The van der Waals surface area contributed by atoms with Gasteiger partial charge in [0.1, 0.15) is 12.2 Å². The van der Waals surface area contributed by atoms with Crippen LogP contribution in [-0.4, -0.2) is 44.0 Å². The van der Waals surface area contributed by atoms with E-state index in [0.29, 0.717) is 30.3 Å². The molecule has 0 radical (unpaired) electrons. The van der Waals surface area contributed by atoms with E-state index in [4.69, 9.17) is 4.74 Å². The highest BCUT2D eigenvalue weighted by atomic mass is 19.4. The Morgan fingerprint density at radius 1 is 1.22 bits per heavy atom. The summed E-state index contributed by atoms with van der Waals surface area (Å²) in [5, 5.41) is 11.4. The number of aromatic nitrogens is 5. The number of pyridine rings is 1. The van der Waals surface area contributed by atoms with Gasteiger partial charge in [0.25, 0.3) is 0 Å². The van der Waals surface area contributed by atoms with Crippen LogP contribution in [0.1, 0.15) is 47.7 Å². The minimum atomic E-state index is -4.62. The first-order chi connectivity index (χ1) is 17.8. The van der Waals surface area contributed by atoms with Crippen molar-refractivity contribution in [3.8, 4) is 5.69 Å². The number of nitrogens with one attached hydrogen (secondary N) is 1. The first kappa shape index (κ1) is 25.2. The molecule has 5 rings (SSSR count). The average Bonchev–Trinajstić information content (AvgIpc) is 3.41. The maximum atomic E-state index is 14.0. The number of nitrogens with zero attached hydrogens (tertiary/aromatic N) is 5. The van der Waals surface area contributed by atoms with Gasteiger partial charge in [-0.15, -0.1) is 10.2 Å². The SMILES string of the molecule is COCCNCc1cc(C(F)(F)F)c2cn(-c3cccc([C@H](c4nncn4C)C4CCC4)c3)c(=O)n2c1. The van der Waals surface area contributed by atoms with Gasteiger partial charge in [0.05, 0.1) is 23.4 Å². The van der Waals surface area contributed by atoms with Crippen molar-refractivity contribution in [3.63, 3.8) is 0 Å². The van der Waals surface area contributed by atoms with Crippen LogP contribution in [0.2, 0.25) is 0 Å². The number of ether oxygens (including phenoxy) is 1. The zero-order chi connectivity index (χ0) is 26.2. The van der Waals surface area contributed by atoms with Crippen LogP contribution in [0.25, 0.3) is 11.2 Å². The van der Waals surface area contributed by atoms with Gasteiger partial charge in [0.15, 0.2) is 0 Å². The second-order valence-corrected chi connectivity index (χ2v) is 9.53. The summed E-state index contributed by atoms with van der Waals surface area (Å²) in [6.07, 6.45) is 3.05. The molecule has 1 saturated carbocycles. The van der Waals surface area contributed by atoms with E-state index in [1.165, 1.54) is 17.0 Å². The van der Waals surface area contributed by atoms with E-state index in [1.807, 2.05) is 29.8 Å². The number of imidazole rings is 1. The molecular weight excluding hydrogens is 485 g/mol. The van der Waals surface area contributed by atoms with Gasteiger partial charge in [0.2, 0.25) is 0 Å². The van der Waals surface area contributed by atoms with Crippen LogP contribution in [0.15, 0.2) is 53.8 Å². The van der Waals surface area contributed by atoms with E-state index in [9.17, 15) is 18.0 Å². The average molecular weight is 515 g/mol. The number of hydrogen-bond donors (Lipinski definition) is 1. The molecular formula is C26H29F3N6O2. The van der Waals surface area contributed by atoms with Crippen molar-refractivity contribution in [1.82, 2.24) is 29.0 Å². The van der Waals surface area contributed by atoms with E-state index in [0.717, 1.165) is 41.1 Å². The molecule has 11 heteroatoms. The maximum absolute atomic E-state index is 14.0. The molecule has 0 bridgehead atoms. The van der Waals surface area contributed by atoms with Gasteiger partial charge >= 0.3 is 11.9 Å². The Morgan fingerprint density at radius 3 is 2.68 bits per heavy atom. The second kappa shape index (κ2) is 10.1. The number of aryl methyl sites for hydroxylation is 1. The van der Waals surface area contributed by atoms with E-state index in [1.54, 1.807) is 19.5 Å². The minimum Gasteiger partial charge on any atom is -0.383 e. The van der Waals surface area contributed by atoms with E-state index < -0.39 is 17.4 Å². The Labute approximate surface area is 211 Å². The lowest BCUT2D eigenvalue weighted by molar-refractivity contribution is -0.136. The zero-order valence-corrected chi connectivity index (χ0v) is 20.7. The second-order valence-electron chi connectivity index (χ2n) is 9.53. The fraction of sp³-hybridized carbons (Fsp3) is 0.423. The van der Waals surface area contributed by atoms with Crippen molar-refractivity contribution in [2.75, 3.05) is 20.3 Å². The third-order valence-corrected chi connectivity index (χ3v) is 7.09. The molecule has 1 aromatic carbocycles. The highest BCUT2D eigenvalue weighted by molar-refractivity contribution is 5.58. The van der Waals surface area contributed by atoms with Crippen molar-refractivity contribution in [2.45, 2.75) is 37.9 Å². The predicted octanol–water partition coefficient (Wildman–Crippen LogP) is 3.91. The first-order valence-corrected chi connectivity index (χ1v) is 12.3.